The SMILES string of the molecule is C1CCCCC1.CCCC(=O)C(C)C. The van der Waals surface area contributed by atoms with Gasteiger partial charge in [0.2, 0.25) is 0 Å². The van der Waals surface area contributed by atoms with Crippen LogP contribution in [-0.4, -0.2) is 5.78 Å². The summed E-state index contributed by atoms with van der Waals surface area (Å²) in [6.45, 7) is 5.91. The molecule has 1 nitrogen and oxygen atoms in total. The Labute approximate surface area is 89.3 Å². The zero-order chi connectivity index (χ0) is 10.8. The minimum atomic E-state index is 0.231. The minimum Gasteiger partial charge on any atom is -0.299 e. The van der Waals surface area contributed by atoms with E-state index in [2.05, 4.69) is 0 Å². The van der Waals surface area contributed by atoms with Gasteiger partial charge in [-0.2, -0.15) is 0 Å². The topological polar surface area (TPSA) is 17.1 Å². The molecule has 0 aromatic rings. The van der Waals surface area contributed by atoms with Crippen LogP contribution in [0.3, 0.4) is 0 Å². The molecule has 0 aromatic heterocycles. The van der Waals surface area contributed by atoms with Gasteiger partial charge < -0.3 is 0 Å². The fraction of sp³-hybridized carbons (Fsp3) is 0.923. The highest BCUT2D eigenvalue weighted by molar-refractivity contribution is 5.80. The maximum atomic E-state index is 10.7. The van der Waals surface area contributed by atoms with Gasteiger partial charge in [0.15, 0.2) is 0 Å². The number of carbonyl (C=O) groups excluding carboxylic acids is 1. The van der Waals surface area contributed by atoms with Gasteiger partial charge in [-0.05, 0) is 6.42 Å². The van der Waals surface area contributed by atoms with Gasteiger partial charge in [-0.3, -0.25) is 4.79 Å². The van der Waals surface area contributed by atoms with Crippen LogP contribution in [-0.2, 0) is 4.79 Å². The molecule has 0 atom stereocenters. The van der Waals surface area contributed by atoms with Crippen LogP contribution in [0.1, 0.15) is 72.1 Å². The quantitative estimate of drug-likeness (QED) is 0.659. The first kappa shape index (κ1) is 13.7. The van der Waals surface area contributed by atoms with Crippen LogP contribution in [0.15, 0.2) is 0 Å². The van der Waals surface area contributed by atoms with Gasteiger partial charge >= 0.3 is 0 Å². The van der Waals surface area contributed by atoms with Crippen LogP contribution in [0.2, 0.25) is 0 Å². The second kappa shape index (κ2) is 9.23. The number of Topliss-reactive ketones (excluding diaryl/α,β-unsaturated/α-hetero) is 1. The predicted molar refractivity (Wildman–Crippen MR) is 62.5 cm³/mol. The summed E-state index contributed by atoms with van der Waals surface area (Å²) in [5.41, 5.74) is 0. The summed E-state index contributed by atoms with van der Waals surface area (Å²) in [4.78, 5) is 10.7. The lowest BCUT2D eigenvalue weighted by Gasteiger charge is -2.05. The summed E-state index contributed by atoms with van der Waals surface area (Å²) in [6, 6.07) is 0. The first-order valence-electron chi connectivity index (χ1n) is 6.21. The Bertz CT molecular complexity index is 123. The average Bonchev–Trinajstić information content (AvgIpc) is 2.21. The zero-order valence-corrected chi connectivity index (χ0v) is 10.1. The molecule has 0 unspecified atom stereocenters. The van der Waals surface area contributed by atoms with Crippen molar-refractivity contribution in [1.82, 2.24) is 0 Å². The average molecular weight is 198 g/mol. The molecule has 14 heavy (non-hydrogen) atoms. The molecular weight excluding hydrogens is 172 g/mol. The molecule has 0 bridgehead atoms. The molecule has 0 saturated heterocycles. The van der Waals surface area contributed by atoms with E-state index >= 15 is 0 Å². The van der Waals surface area contributed by atoms with Crippen LogP contribution in [0.4, 0.5) is 0 Å². The van der Waals surface area contributed by atoms with Crippen LogP contribution >= 0.6 is 0 Å². The third kappa shape index (κ3) is 8.28. The van der Waals surface area contributed by atoms with Crippen LogP contribution in [0.25, 0.3) is 0 Å². The summed E-state index contributed by atoms with van der Waals surface area (Å²) in [5, 5.41) is 0. The van der Waals surface area contributed by atoms with E-state index in [9.17, 15) is 4.79 Å². The van der Waals surface area contributed by atoms with E-state index in [-0.39, 0.29) is 5.92 Å². The van der Waals surface area contributed by atoms with Gasteiger partial charge in [-0.25, -0.2) is 0 Å². The number of hydrogen-bond acceptors (Lipinski definition) is 1. The Hall–Kier alpha value is -0.330. The number of ketones is 1. The van der Waals surface area contributed by atoms with E-state index in [4.69, 9.17) is 0 Å². The van der Waals surface area contributed by atoms with Gasteiger partial charge in [0.25, 0.3) is 0 Å². The Morgan fingerprint density at radius 2 is 1.36 bits per heavy atom. The molecule has 1 saturated carbocycles. The highest BCUT2D eigenvalue weighted by Crippen LogP contribution is 2.15. The number of rotatable bonds is 3. The van der Waals surface area contributed by atoms with E-state index in [0.29, 0.717) is 5.78 Å². The first-order valence-corrected chi connectivity index (χ1v) is 6.21. The zero-order valence-electron chi connectivity index (χ0n) is 10.1. The van der Waals surface area contributed by atoms with Gasteiger partial charge in [0, 0.05) is 12.3 Å². The molecule has 0 amide bonds. The Kier molecular flexibility index (Phi) is 9.02. The summed E-state index contributed by atoms with van der Waals surface area (Å²) < 4.78 is 0. The molecule has 0 aliphatic heterocycles. The summed E-state index contributed by atoms with van der Waals surface area (Å²) in [7, 11) is 0. The molecule has 1 aliphatic rings. The van der Waals surface area contributed by atoms with Crippen LogP contribution < -0.4 is 0 Å². The fourth-order valence-electron chi connectivity index (χ4n) is 1.60. The van der Waals surface area contributed by atoms with Gasteiger partial charge in [-0.15, -0.1) is 0 Å². The van der Waals surface area contributed by atoms with Crippen molar-refractivity contribution < 1.29 is 4.79 Å². The second-order valence-electron chi connectivity index (χ2n) is 4.49. The van der Waals surface area contributed by atoms with E-state index < -0.39 is 0 Å². The van der Waals surface area contributed by atoms with Gasteiger partial charge in [-0.1, -0.05) is 59.3 Å². The highest BCUT2D eigenvalue weighted by Gasteiger charge is 2.03. The lowest BCUT2D eigenvalue weighted by atomic mass is 10.0. The molecule has 0 heterocycles. The third-order valence-electron chi connectivity index (χ3n) is 2.64. The predicted octanol–water partition coefficient (Wildman–Crippen LogP) is 4.35. The molecule has 0 radical (unpaired) electrons. The van der Waals surface area contributed by atoms with Gasteiger partial charge in [0.05, 0.1) is 0 Å². The fourth-order valence-corrected chi connectivity index (χ4v) is 1.60. The van der Waals surface area contributed by atoms with E-state index in [1.165, 1.54) is 38.5 Å². The number of hydrogen-bond donors (Lipinski definition) is 0. The van der Waals surface area contributed by atoms with Crippen molar-refractivity contribution in [1.29, 1.82) is 0 Å². The van der Waals surface area contributed by atoms with Crippen molar-refractivity contribution in [3.8, 4) is 0 Å². The van der Waals surface area contributed by atoms with Crippen molar-refractivity contribution in [3.05, 3.63) is 0 Å². The first-order chi connectivity index (χ1) is 6.68. The van der Waals surface area contributed by atoms with E-state index in [0.717, 1.165) is 12.8 Å². The Morgan fingerprint density at radius 1 is 1.00 bits per heavy atom. The van der Waals surface area contributed by atoms with Crippen molar-refractivity contribution in [2.45, 2.75) is 72.1 Å². The smallest absolute Gasteiger partial charge is 0.135 e. The lowest BCUT2D eigenvalue weighted by Crippen LogP contribution is -2.04. The normalized spacial score (nSPS) is 16.0. The lowest BCUT2D eigenvalue weighted by molar-refractivity contribution is -0.121. The van der Waals surface area contributed by atoms with Crippen molar-refractivity contribution in [2.24, 2.45) is 5.92 Å². The maximum absolute atomic E-state index is 10.7. The number of carbonyl (C=O) groups is 1. The van der Waals surface area contributed by atoms with Crippen LogP contribution in [0, 0.1) is 5.92 Å². The molecular formula is C13H26O. The minimum absolute atomic E-state index is 0.231. The standard InChI is InChI=1S/C7H14O.C6H12/c1-4-5-7(8)6(2)3;1-2-4-6-5-3-1/h6H,4-5H2,1-3H3;1-6H2. The molecule has 0 aromatic carbocycles. The van der Waals surface area contributed by atoms with E-state index in [1.54, 1.807) is 0 Å². The Morgan fingerprint density at radius 3 is 1.50 bits per heavy atom. The Balaban J connectivity index is 0.000000249. The maximum Gasteiger partial charge on any atom is 0.135 e. The largest absolute Gasteiger partial charge is 0.299 e. The van der Waals surface area contributed by atoms with Gasteiger partial charge in [0.1, 0.15) is 5.78 Å². The molecule has 1 fully saturated rings. The summed E-state index contributed by atoms with van der Waals surface area (Å²) in [5.74, 6) is 0.613. The molecule has 84 valence electrons. The molecule has 1 rings (SSSR count). The van der Waals surface area contributed by atoms with Crippen LogP contribution in [0.5, 0.6) is 0 Å². The molecule has 1 heteroatoms. The summed E-state index contributed by atoms with van der Waals surface area (Å²) >= 11 is 0. The third-order valence-corrected chi connectivity index (χ3v) is 2.64. The second-order valence-corrected chi connectivity index (χ2v) is 4.49. The van der Waals surface area contributed by atoms with E-state index in [1.807, 2.05) is 20.8 Å². The van der Waals surface area contributed by atoms with Crippen molar-refractivity contribution in [3.63, 3.8) is 0 Å². The van der Waals surface area contributed by atoms with Crippen molar-refractivity contribution >= 4 is 5.78 Å². The molecule has 0 N–H and O–H groups in total. The molecule has 1 aliphatic carbocycles. The molecule has 0 spiro atoms. The monoisotopic (exact) mass is 198 g/mol. The summed E-state index contributed by atoms with van der Waals surface area (Å²) in [6.07, 6.45) is 10.7. The van der Waals surface area contributed by atoms with Crippen molar-refractivity contribution in [2.75, 3.05) is 0 Å². The highest BCUT2D eigenvalue weighted by atomic mass is 16.1.